The van der Waals surface area contributed by atoms with Crippen molar-refractivity contribution in [2.45, 2.75) is 45.1 Å². The Kier molecular flexibility index (Phi) is 11.7. The van der Waals surface area contributed by atoms with Gasteiger partial charge in [0.2, 0.25) is 5.91 Å². The summed E-state index contributed by atoms with van der Waals surface area (Å²) in [6, 6.07) is 6.37. The number of hydrogen-bond donors (Lipinski definition) is 3. The molecule has 1 rings (SSSR count). The number of hydrogen-bond acceptors (Lipinski definition) is 4. The summed E-state index contributed by atoms with van der Waals surface area (Å²) in [5, 5.41) is 11.5. The summed E-state index contributed by atoms with van der Waals surface area (Å²) in [5.74, 6) is -0.635. The van der Waals surface area contributed by atoms with Gasteiger partial charge in [0, 0.05) is 13.3 Å². The average Bonchev–Trinajstić information content (AvgIpc) is 2.51. The SMILES string of the molecule is CC(=O)NC(Cc1ccc(OCCCCCCN)cc1)C(=O)O.Cl. The van der Waals surface area contributed by atoms with E-state index < -0.39 is 12.0 Å². The van der Waals surface area contributed by atoms with Crippen molar-refractivity contribution >= 4 is 24.3 Å². The molecule has 0 aliphatic carbocycles. The molecule has 1 aromatic carbocycles. The van der Waals surface area contributed by atoms with Crippen molar-refractivity contribution in [3.63, 3.8) is 0 Å². The zero-order chi connectivity index (χ0) is 17.1. The molecule has 4 N–H and O–H groups in total. The van der Waals surface area contributed by atoms with Gasteiger partial charge < -0.3 is 20.9 Å². The zero-order valence-electron chi connectivity index (χ0n) is 14.0. The lowest BCUT2D eigenvalue weighted by molar-refractivity contribution is -0.141. The maximum absolute atomic E-state index is 11.1. The molecule has 24 heavy (non-hydrogen) atoms. The molecule has 0 aromatic heterocycles. The van der Waals surface area contributed by atoms with E-state index in [1.165, 1.54) is 6.92 Å². The predicted octanol–water partition coefficient (Wildman–Crippen LogP) is 2.14. The highest BCUT2D eigenvalue weighted by Gasteiger charge is 2.18. The van der Waals surface area contributed by atoms with Gasteiger partial charge in [0.25, 0.3) is 0 Å². The van der Waals surface area contributed by atoms with Gasteiger partial charge in [-0.3, -0.25) is 4.79 Å². The Labute approximate surface area is 149 Å². The molecule has 0 radical (unpaired) electrons. The fourth-order valence-corrected chi connectivity index (χ4v) is 2.19. The lowest BCUT2D eigenvalue weighted by Crippen LogP contribution is -2.41. The van der Waals surface area contributed by atoms with Crippen LogP contribution in [0.1, 0.15) is 38.2 Å². The summed E-state index contributed by atoms with van der Waals surface area (Å²) in [5.41, 5.74) is 6.27. The minimum atomic E-state index is -1.04. The van der Waals surface area contributed by atoms with E-state index >= 15 is 0 Å². The Bertz CT molecular complexity index is 494. The molecule has 0 aliphatic rings. The highest BCUT2D eigenvalue weighted by molar-refractivity contribution is 5.85. The molecule has 7 heteroatoms. The lowest BCUT2D eigenvalue weighted by atomic mass is 10.1. The normalized spacial score (nSPS) is 11.2. The molecular formula is C17H27ClN2O4. The van der Waals surface area contributed by atoms with E-state index in [9.17, 15) is 9.59 Å². The Morgan fingerprint density at radius 3 is 2.33 bits per heavy atom. The smallest absolute Gasteiger partial charge is 0.326 e. The highest BCUT2D eigenvalue weighted by atomic mass is 35.5. The van der Waals surface area contributed by atoms with Crippen molar-refractivity contribution in [2.75, 3.05) is 13.2 Å². The number of nitrogens with two attached hydrogens (primary N) is 1. The monoisotopic (exact) mass is 358 g/mol. The van der Waals surface area contributed by atoms with Gasteiger partial charge in [0.1, 0.15) is 11.8 Å². The first kappa shape index (κ1) is 22.2. The van der Waals surface area contributed by atoms with E-state index in [0.29, 0.717) is 6.61 Å². The van der Waals surface area contributed by atoms with Gasteiger partial charge in [-0.15, -0.1) is 12.4 Å². The van der Waals surface area contributed by atoms with Crippen LogP contribution in [0.3, 0.4) is 0 Å². The van der Waals surface area contributed by atoms with Crippen LogP contribution >= 0.6 is 12.4 Å². The van der Waals surface area contributed by atoms with Crippen molar-refractivity contribution in [3.8, 4) is 5.75 Å². The topological polar surface area (TPSA) is 102 Å². The van der Waals surface area contributed by atoms with E-state index in [4.69, 9.17) is 15.6 Å². The van der Waals surface area contributed by atoms with Crippen LogP contribution in [0, 0.1) is 0 Å². The molecule has 0 spiro atoms. The second-order valence-electron chi connectivity index (χ2n) is 5.49. The van der Waals surface area contributed by atoms with Crippen LogP contribution in [-0.2, 0) is 16.0 Å². The maximum Gasteiger partial charge on any atom is 0.326 e. The quantitative estimate of drug-likeness (QED) is 0.526. The average molecular weight is 359 g/mol. The first-order chi connectivity index (χ1) is 11.0. The van der Waals surface area contributed by atoms with Gasteiger partial charge in [0.05, 0.1) is 6.61 Å². The van der Waals surface area contributed by atoms with Crippen molar-refractivity contribution in [3.05, 3.63) is 29.8 Å². The Morgan fingerprint density at radius 1 is 1.17 bits per heavy atom. The van der Waals surface area contributed by atoms with Crippen LogP contribution in [0.25, 0.3) is 0 Å². The summed E-state index contributed by atoms with van der Waals surface area (Å²) in [6.45, 7) is 2.70. The second-order valence-corrected chi connectivity index (χ2v) is 5.49. The number of unbranched alkanes of at least 4 members (excludes halogenated alkanes) is 3. The van der Waals surface area contributed by atoms with Gasteiger partial charge in [-0.2, -0.15) is 0 Å². The Hall–Kier alpha value is -1.79. The van der Waals surface area contributed by atoms with Crippen LogP contribution in [-0.4, -0.2) is 36.2 Å². The standard InChI is InChI=1S/C17H26N2O4.ClH/c1-13(20)19-16(17(21)22)12-14-6-8-15(9-7-14)23-11-5-3-2-4-10-18;/h6-9,16H,2-5,10-12,18H2,1H3,(H,19,20)(H,21,22);1H. The van der Waals surface area contributed by atoms with E-state index in [1.54, 1.807) is 0 Å². The summed E-state index contributed by atoms with van der Waals surface area (Å²) in [7, 11) is 0. The molecule has 1 unspecified atom stereocenters. The number of ether oxygens (including phenoxy) is 1. The number of benzene rings is 1. The predicted molar refractivity (Wildman–Crippen MR) is 95.7 cm³/mol. The molecular weight excluding hydrogens is 332 g/mol. The number of carboxylic acids is 1. The Balaban J connectivity index is 0.00000529. The first-order valence-corrected chi connectivity index (χ1v) is 7.94. The fraction of sp³-hybridized carbons (Fsp3) is 0.529. The Morgan fingerprint density at radius 2 is 1.79 bits per heavy atom. The summed E-state index contributed by atoms with van der Waals surface area (Å²) >= 11 is 0. The van der Waals surface area contributed by atoms with Crippen molar-refractivity contribution < 1.29 is 19.4 Å². The number of halogens is 1. The van der Waals surface area contributed by atoms with Gasteiger partial charge in [-0.1, -0.05) is 25.0 Å². The van der Waals surface area contributed by atoms with Crippen molar-refractivity contribution in [1.29, 1.82) is 0 Å². The van der Waals surface area contributed by atoms with Crippen LogP contribution in [0.4, 0.5) is 0 Å². The third kappa shape index (κ3) is 9.37. The molecule has 0 aliphatic heterocycles. The molecule has 0 heterocycles. The molecule has 1 amide bonds. The summed E-state index contributed by atoms with van der Waals surface area (Å²) in [4.78, 5) is 22.1. The molecule has 136 valence electrons. The van der Waals surface area contributed by atoms with E-state index in [2.05, 4.69) is 5.32 Å². The second kappa shape index (κ2) is 12.6. The minimum Gasteiger partial charge on any atom is -0.494 e. The summed E-state index contributed by atoms with van der Waals surface area (Å²) < 4.78 is 5.64. The van der Waals surface area contributed by atoms with Crippen LogP contribution in [0.5, 0.6) is 5.75 Å². The zero-order valence-corrected chi connectivity index (χ0v) is 14.8. The number of carbonyl (C=O) groups is 2. The highest BCUT2D eigenvalue weighted by Crippen LogP contribution is 2.14. The molecule has 1 atom stereocenters. The number of rotatable bonds is 11. The number of carbonyl (C=O) groups excluding carboxylic acids is 1. The van der Waals surface area contributed by atoms with E-state index in [0.717, 1.165) is 43.5 Å². The van der Waals surface area contributed by atoms with Crippen LogP contribution in [0.15, 0.2) is 24.3 Å². The van der Waals surface area contributed by atoms with Crippen molar-refractivity contribution in [2.24, 2.45) is 5.73 Å². The molecule has 1 aromatic rings. The van der Waals surface area contributed by atoms with Crippen molar-refractivity contribution in [1.82, 2.24) is 5.32 Å². The minimum absolute atomic E-state index is 0. The van der Waals surface area contributed by atoms with Gasteiger partial charge >= 0.3 is 5.97 Å². The number of carboxylic acid groups (broad SMARTS) is 1. The maximum atomic E-state index is 11.1. The first-order valence-electron chi connectivity index (χ1n) is 7.94. The van der Waals surface area contributed by atoms with Gasteiger partial charge in [-0.25, -0.2) is 4.79 Å². The number of nitrogens with one attached hydrogen (secondary N) is 1. The van der Waals surface area contributed by atoms with E-state index in [-0.39, 0.29) is 24.7 Å². The lowest BCUT2D eigenvalue weighted by Gasteiger charge is -2.13. The largest absolute Gasteiger partial charge is 0.494 e. The number of amides is 1. The van der Waals surface area contributed by atoms with E-state index in [1.807, 2.05) is 24.3 Å². The van der Waals surface area contributed by atoms with Gasteiger partial charge in [-0.05, 0) is 37.1 Å². The summed E-state index contributed by atoms with van der Waals surface area (Å²) in [6.07, 6.45) is 4.51. The molecule has 6 nitrogen and oxygen atoms in total. The fourth-order valence-electron chi connectivity index (χ4n) is 2.19. The molecule has 0 saturated carbocycles. The third-order valence-electron chi connectivity index (χ3n) is 3.41. The van der Waals surface area contributed by atoms with Gasteiger partial charge in [0.15, 0.2) is 0 Å². The molecule has 0 saturated heterocycles. The molecule has 0 fully saturated rings. The van der Waals surface area contributed by atoms with Crippen LogP contribution < -0.4 is 15.8 Å². The van der Waals surface area contributed by atoms with Crippen LogP contribution in [0.2, 0.25) is 0 Å². The molecule has 0 bridgehead atoms. The third-order valence-corrected chi connectivity index (χ3v) is 3.41. The number of aliphatic carboxylic acids is 1.